The number of methoxy groups -OCH3 is 1. The van der Waals surface area contributed by atoms with Crippen LogP contribution in [0.3, 0.4) is 0 Å². The first-order valence-electron chi connectivity index (χ1n) is 5.92. The first-order valence-corrected chi connectivity index (χ1v) is 5.21. The van der Waals surface area contributed by atoms with Gasteiger partial charge >= 0.3 is 5.97 Å². The number of hydrogen-bond acceptors (Lipinski definition) is 4. The Kier molecular flexibility index (Phi) is 2.68. The van der Waals surface area contributed by atoms with E-state index in [-0.39, 0.29) is 18.1 Å². The van der Waals surface area contributed by atoms with Gasteiger partial charge in [-0.2, -0.15) is 0 Å². The maximum Gasteiger partial charge on any atom is 0.338 e. The molecule has 6 heteroatoms. The number of rotatable bonds is 2. The van der Waals surface area contributed by atoms with Crippen LogP contribution in [0.4, 0.5) is 0 Å². The van der Waals surface area contributed by atoms with E-state index in [1.165, 1.54) is 19.5 Å². The summed E-state index contributed by atoms with van der Waals surface area (Å²) in [5.74, 6) is -0.529. The van der Waals surface area contributed by atoms with E-state index in [0.29, 0.717) is 16.8 Å². The third kappa shape index (κ3) is 1.92. The second kappa shape index (κ2) is 4.48. The summed E-state index contributed by atoms with van der Waals surface area (Å²) in [5, 5.41) is 2.66. The zero-order valence-corrected chi connectivity index (χ0v) is 10.1. The maximum absolute atomic E-state index is 12.0. The third-order valence-corrected chi connectivity index (χ3v) is 2.58. The van der Waals surface area contributed by atoms with Gasteiger partial charge in [0, 0.05) is 32.0 Å². The van der Waals surface area contributed by atoms with Gasteiger partial charge in [0.15, 0.2) is 0 Å². The highest BCUT2D eigenvalue weighted by Crippen LogP contribution is 2.20. The van der Waals surface area contributed by atoms with Crippen molar-refractivity contribution < 1.29 is 10.9 Å². The van der Waals surface area contributed by atoms with E-state index < -0.39 is 5.97 Å². The molecule has 0 aliphatic heterocycles. The van der Waals surface area contributed by atoms with Crippen molar-refractivity contribution in [3.63, 3.8) is 0 Å². The van der Waals surface area contributed by atoms with E-state index in [2.05, 4.69) is 10.1 Å². The molecule has 0 unspecified atom stereocenters. The number of ether oxygens (including phenoxy) is 1. The molecule has 0 amide bonds. The standard InChI is InChI=1S/C12H13N3O3/c1-7-4-8(12(17)18-3)9(5-13-7)10-6-14-15(2)11(10)16/h4-6,14H,1-3H3/i2D. The lowest BCUT2D eigenvalue weighted by molar-refractivity contribution is 0.0601. The van der Waals surface area contributed by atoms with Gasteiger partial charge in [0.25, 0.3) is 5.56 Å². The predicted molar refractivity (Wildman–Crippen MR) is 65.3 cm³/mol. The summed E-state index contributed by atoms with van der Waals surface area (Å²) in [4.78, 5) is 27.8. The van der Waals surface area contributed by atoms with Gasteiger partial charge in [0.1, 0.15) is 0 Å². The molecule has 0 saturated heterocycles. The molecule has 0 fully saturated rings. The monoisotopic (exact) mass is 248 g/mol. The average molecular weight is 248 g/mol. The molecule has 0 bridgehead atoms. The smallest absolute Gasteiger partial charge is 0.338 e. The first-order chi connectivity index (χ1) is 9.08. The highest BCUT2D eigenvalue weighted by atomic mass is 16.5. The Morgan fingerprint density at radius 3 is 2.94 bits per heavy atom. The number of aryl methyl sites for hydroxylation is 2. The Balaban J connectivity index is 2.64. The number of esters is 1. The highest BCUT2D eigenvalue weighted by molar-refractivity contribution is 5.96. The third-order valence-electron chi connectivity index (χ3n) is 2.58. The van der Waals surface area contributed by atoms with Gasteiger partial charge in [0.05, 0.1) is 18.2 Å². The fraction of sp³-hybridized carbons (Fsp3) is 0.250. The molecular weight excluding hydrogens is 234 g/mol. The number of aromatic nitrogens is 3. The number of hydrogen-bond donors (Lipinski definition) is 1. The summed E-state index contributed by atoms with van der Waals surface area (Å²) in [6.07, 6.45) is 2.91. The molecule has 18 heavy (non-hydrogen) atoms. The van der Waals surface area contributed by atoms with Gasteiger partial charge in [-0.05, 0) is 13.0 Å². The molecule has 2 heterocycles. The molecule has 0 radical (unpaired) electrons. The van der Waals surface area contributed by atoms with Gasteiger partial charge in [-0.1, -0.05) is 0 Å². The highest BCUT2D eigenvalue weighted by Gasteiger charge is 2.17. The van der Waals surface area contributed by atoms with Crippen molar-refractivity contribution in [2.75, 3.05) is 7.11 Å². The molecule has 0 spiro atoms. The maximum atomic E-state index is 12.0. The van der Waals surface area contributed by atoms with Crippen molar-refractivity contribution in [1.29, 1.82) is 0 Å². The molecule has 0 atom stereocenters. The Hall–Kier alpha value is -2.37. The molecule has 94 valence electrons. The van der Waals surface area contributed by atoms with Crippen molar-refractivity contribution >= 4 is 5.97 Å². The van der Waals surface area contributed by atoms with E-state index in [9.17, 15) is 9.59 Å². The summed E-state index contributed by atoms with van der Waals surface area (Å²) < 4.78 is 13.0. The second-order valence-corrected chi connectivity index (χ2v) is 3.78. The van der Waals surface area contributed by atoms with Crippen LogP contribution in [0.1, 0.15) is 17.4 Å². The van der Waals surface area contributed by atoms with E-state index in [4.69, 9.17) is 6.11 Å². The van der Waals surface area contributed by atoms with Crippen molar-refractivity contribution in [3.05, 3.63) is 40.1 Å². The van der Waals surface area contributed by atoms with Crippen LogP contribution in [0, 0.1) is 6.92 Å². The molecule has 0 aliphatic rings. The van der Waals surface area contributed by atoms with E-state index in [1.54, 1.807) is 13.0 Å². The number of nitrogens with one attached hydrogen (secondary N) is 1. The number of carbonyl (C=O) groups excluding carboxylic acids is 1. The van der Waals surface area contributed by atoms with Gasteiger partial charge < -0.3 is 9.84 Å². The average Bonchev–Trinajstić information content (AvgIpc) is 2.79. The van der Waals surface area contributed by atoms with Gasteiger partial charge in [0.2, 0.25) is 0 Å². The molecule has 1 N–H and O–H groups in total. The lowest BCUT2D eigenvalue weighted by atomic mass is 10.0. The second-order valence-electron chi connectivity index (χ2n) is 3.78. The van der Waals surface area contributed by atoms with Gasteiger partial charge in [-0.15, -0.1) is 0 Å². The van der Waals surface area contributed by atoms with E-state index in [0.717, 1.165) is 4.68 Å². The summed E-state index contributed by atoms with van der Waals surface area (Å²) >= 11 is 0. The van der Waals surface area contributed by atoms with Crippen LogP contribution in [0.2, 0.25) is 0 Å². The van der Waals surface area contributed by atoms with Crippen LogP contribution >= 0.6 is 0 Å². The van der Waals surface area contributed by atoms with Crippen LogP contribution in [-0.4, -0.2) is 27.8 Å². The van der Waals surface area contributed by atoms with Crippen LogP contribution in [0.25, 0.3) is 11.1 Å². The van der Waals surface area contributed by atoms with Gasteiger partial charge in [-0.25, -0.2) is 4.79 Å². The molecule has 0 aliphatic carbocycles. The topological polar surface area (TPSA) is 77.0 Å². The van der Waals surface area contributed by atoms with Crippen LogP contribution in [0.15, 0.2) is 23.3 Å². The molecule has 0 aromatic carbocycles. The number of carbonyl (C=O) groups is 1. The Morgan fingerprint density at radius 1 is 1.56 bits per heavy atom. The molecule has 6 nitrogen and oxygen atoms in total. The van der Waals surface area contributed by atoms with Crippen molar-refractivity contribution in [2.24, 2.45) is 7.02 Å². The number of aromatic amines is 1. The van der Waals surface area contributed by atoms with Crippen LogP contribution < -0.4 is 5.56 Å². The van der Waals surface area contributed by atoms with Gasteiger partial charge in [-0.3, -0.25) is 14.5 Å². The molecule has 2 aromatic heterocycles. The minimum absolute atomic E-state index is 0.217. The fourth-order valence-electron chi connectivity index (χ4n) is 1.65. The van der Waals surface area contributed by atoms with Crippen molar-refractivity contribution in [1.82, 2.24) is 14.8 Å². The summed E-state index contributed by atoms with van der Waals surface area (Å²) in [5.41, 5.74) is 1.25. The molecular formula is C12H13N3O3. The largest absolute Gasteiger partial charge is 0.465 e. The van der Waals surface area contributed by atoms with Crippen molar-refractivity contribution in [3.8, 4) is 11.1 Å². The quantitative estimate of drug-likeness (QED) is 0.800. The van der Waals surface area contributed by atoms with E-state index in [1.807, 2.05) is 0 Å². The van der Waals surface area contributed by atoms with Crippen LogP contribution in [-0.2, 0) is 11.8 Å². The molecule has 2 rings (SSSR count). The zero-order chi connectivity index (χ0) is 14.0. The Labute approximate surface area is 105 Å². The Bertz CT molecular complexity index is 675. The summed E-state index contributed by atoms with van der Waals surface area (Å²) in [6.45, 7) is 1.75. The number of nitrogens with zero attached hydrogens (tertiary/aromatic N) is 2. The zero-order valence-electron chi connectivity index (χ0n) is 11.1. The Morgan fingerprint density at radius 2 is 2.33 bits per heavy atom. The predicted octanol–water partition coefficient (Wildman–Crippen LogP) is 0.870. The van der Waals surface area contributed by atoms with Crippen molar-refractivity contribution in [2.45, 2.75) is 6.92 Å². The molecule has 0 saturated carbocycles. The fourth-order valence-corrected chi connectivity index (χ4v) is 1.65. The lowest BCUT2D eigenvalue weighted by Gasteiger charge is -2.05. The summed E-state index contributed by atoms with van der Waals surface area (Å²) in [7, 11) is 1.06. The first kappa shape index (κ1) is 10.8. The number of H-pyrrole nitrogens is 1. The van der Waals surface area contributed by atoms with Crippen LogP contribution in [0.5, 0.6) is 0 Å². The summed E-state index contributed by atoms with van der Waals surface area (Å²) in [6, 6.07) is 1.57. The minimum Gasteiger partial charge on any atom is -0.465 e. The lowest BCUT2D eigenvalue weighted by Crippen LogP contribution is -2.15. The number of pyridine rings is 1. The molecule has 2 aromatic rings. The SMILES string of the molecule is [2H]Cn1[nH]cc(-c2cnc(C)cc2C(=O)OC)c1=O. The minimum atomic E-state index is -0.529. The normalized spacial score (nSPS) is 11.1. The van der Waals surface area contributed by atoms with E-state index >= 15 is 0 Å².